The average Bonchev–Trinajstić information content (AvgIpc) is 3.24. The van der Waals surface area contributed by atoms with Crippen molar-refractivity contribution in [1.29, 1.82) is 0 Å². The lowest BCUT2D eigenvalue weighted by Crippen LogP contribution is -2.36. The molecular weight excluding hydrogens is 412 g/mol. The molecule has 1 aromatic rings. The number of aliphatic hydroxyl groups excluding tert-OH is 1. The summed E-state index contributed by atoms with van der Waals surface area (Å²) in [6, 6.07) is 2.43. The fraction of sp³-hybridized carbons (Fsp3) is 0.545. The van der Waals surface area contributed by atoms with E-state index in [0.717, 1.165) is 27.5 Å². The predicted octanol–water partition coefficient (Wildman–Crippen LogP) is 3.97. The molecule has 2 rings (SSSR count). The summed E-state index contributed by atoms with van der Waals surface area (Å²) in [6.45, 7) is 3.90. The SMILES string of the molecule is CCC#CC[C@@H](C)[C@H](O)/C=C/C1CC(F)(F)C(=O)N1CCCc1ccc(C(=O)O)s1. The number of hydrogen-bond acceptors (Lipinski definition) is 4. The van der Waals surface area contributed by atoms with E-state index >= 15 is 0 Å². The molecule has 1 aliphatic heterocycles. The van der Waals surface area contributed by atoms with Crippen molar-refractivity contribution in [1.82, 2.24) is 4.90 Å². The molecule has 0 spiro atoms. The van der Waals surface area contributed by atoms with E-state index in [2.05, 4.69) is 11.8 Å². The first-order valence-corrected chi connectivity index (χ1v) is 10.8. The minimum atomic E-state index is -3.42. The molecule has 5 nitrogen and oxygen atoms in total. The molecule has 0 aliphatic carbocycles. The monoisotopic (exact) mass is 439 g/mol. The number of aliphatic hydroxyl groups is 1. The van der Waals surface area contributed by atoms with Gasteiger partial charge in [0.15, 0.2) is 0 Å². The number of carboxylic acids is 1. The van der Waals surface area contributed by atoms with E-state index in [-0.39, 0.29) is 17.3 Å². The van der Waals surface area contributed by atoms with Gasteiger partial charge in [0.05, 0.1) is 12.1 Å². The molecule has 1 fully saturated rings. The van der Waals surface area contributed by atoms with Gasteiger partial charge < -0.3 is 15.1 Å². The maximum absolute atomic E-state index is 14.0. The molecule has 8 heteroatoms. The number of rotatable bonds is 9. The first-order valence-electron chi connectivity index (χ1n) is 9.98. The van der Waals surface area contributed by atoms with Gasteiger partial charge in [0.2, 0.25) is 0 Å². The van der Waals surface area contributed by atoms with Gasteiger partial charge in [-0.1, -0.05) is 26.0 Å². The Morgan fingerprint density at radius 2 is 2.17 bits per heavy atom. The van der Waals surface area contributed by atoms with Crippen LogP contribution in [0, 0.1) is 17.8 Å². The van der Waals surface area contributed by atoms with Crippen LogP contribution in [0.2, 0.25) is 0 Å². The number of carbonyl (C=O) groups is 2. The summed E-state index contributed by atoms with van der Waals surface area (Å²) in [5.74, 6) is 0.123. The molecular formula is C22H27F2NO4S. The first-order chi connectivity index (χ1) is 14.2. The number of carboxylic acid groups (broad SMARTS) is 1. The zero-order chi connectivity index (χ0) is 22.3. The standard InChI is InChI=1S/C22H27F2NO4S/c1-3-4-5-7-15(2)18(26)11-9-16-14-22(23,24)21(29)25(16)13-6-8-17-10-12-19(30-17)20(27)28/h9-12,15-16,18,26H,3,6-8,13-14H2,1-2H3,(H,27,28)/b11-9+/t15-,16?,18-/m1/s1. The molecule has 1 aromatic heterocycles. The molecule has 0 saturated carbocycles. The van der Waals surface area contributed by atoms with E-state index in [4.69, 9.17) is 5.11 Å². The van der Waals surface area contributed by atoms with E-state index in [1.165, 1.54) is 18.2 Å². The van der Waals surface area contributed by atoms with E-state index in [9.17, 15) is 23.5 Å². The normalized spacial score (nSPS) is 20.2. The highest BCUT2D eigenvalue weighted by atomic mass is 32.1. The van der Waals surface area contributed by atoms with Gasteiger partial charge in [-0.05, 0) is 30.9 Å². The fourth-order valence-corrected chi connectivity index (χ4v) is 4.11. The van der Waals surface area contributed by atoms with E-state index in [1.807, 2.05) is 13.8 Å². The van der Waals surface area contributed by atoms with Crippen molar-refractivity contribution in [3.05, 3.63) is 34.0 Å². The van der Waals surface area contributed by atoms with Gasteiger partial charge in [-0.15, -0.1) is 23.2 Å². The highest BCUT2D eigenvalue weighted by Crippen LogP contribution is 2.34. The Bertz CT molecular complexity index is 840. The van der Waals surface area contributed by atoms with Crippen LogP contribution in [0.15, 0.2) is 24.3 Å². The lowest BCUT2D eigenvalue weighted by molar-refractivity contribution is -0.148. The van der Waals surface area contributed by atoms with Crippen molar-refractivity contribution in [2.24, 2.45) is 5.92 Å². The Balaban J connectivity index is 1.97. The summed E-state index contributed by atoms with van der Waals surface area (Å²) in [4.78, 5) is 25.3. The molecule has 0 bridgehead atoms. The van der Waals surface area contributed by atoms with E-state index < -0.39 is 36.4 Å². The molecule has 164 valence electrons. The Labute approximate surface area is 179 Å². The van der Waals surface area contributed by atoms with E-state index in [1.54, 1.807) is 6.07 Å². The van der Waals surface area contributed by atoms with Crippen LogP contribution in [0.4, 0.5) is 8.78 Å². The van der Waals surface area contributed by atoms with Gasteiger partial charge in [-0.25, -0.2) is 4.79 Å². The summed E-state index contributed by atoms with van der Waals surface area (Å²) >= 11 is 1.14. The van der Waals surface area contributed by atoms with Crippen molar-refractivity contribution >= 4 is 23.2 Å². The second kappa shape index (κ2) is 10.7. The number of likely N-dealkylation sites (tertiary alicyclic amines) is 1. The van der Waals surface area contributed by atoms with Crippen molar-refractivity contribution in [3.63, 3.8) is 0 Å². The minimum absolute atomic E-state index is 0.136. The number of aryl methyl sites for hydroxylation is 1. The Kier molecular flexibility index (Phi) is 8.56. The quantitative estimate of drug-likeness (QED) is 0.451. The van der Waals surface area contributed by atoms with Crippen LogP contribution in [0.5, 0.6) is 0 Å². The summed E-state index contributed by atoms with van der Waals surface area (Å²) in [5, 5.41) is 19.2. The van der Waals surface area contributed by atoms with Gasteiger partial charge in [0.1, 0.15) is 4.88 Å². The second-order valence-corrected chi connectivity index (χ2v) is 8.58. The summed E-state index contributed by atoms with van der Waals surface area (Å²) < 4.78 is 28.0. The number of alkyl halides is 2. The Morgan fingerprint density at radius 1 is 1.43 bits per heavy atom. The number of nitrogens with zero attached hydrogens (tertiary/aromatic N) is 1. The maximum Gasteiger partial charge on any atom is 0.345 e. The smallest absolute Gasteiger partial charge is 0.345 e. The van der Waals surface area contributed by atoms with Crippen molar-refractivity contribution in [3.8, 4) is 11.8 Å². The number of halogens is 2. The average molecular weight is 440 g/mol. The molecule has 1 saturated heterocycles. The second-order valence-electron chi connectivity index (χ2n) is 7.41. The van der Waals surface area contributed by atoms with Gasteiger partial charge in [0, 0.05) is 30.7 Å². The van der Waals surface area contributed by atoms with Crippen molar-refractivity contribution in [2.45, 2.75) is 64.0 Å². The first kappa shape index (κ1) is 24.0. The lowest BCUT2D eigenvalue weighted by atomic mass is 9.99. The Morgan fingerprint density at radius 3 is 2.80 bits per heavy atom. The van der Waals surface area contributed by atoms with Crippen LogP contribution >= 0.6 is 11.3 Å². The highest BCUT2D eigenvalue weighted by molar-refractivity contribution is 7.13. The van der Waals surface area contributed by atoms with Crippen LogP contribution in [0.25, 0.3) is 0 Å². The third-order valence-electron chi connectivity index (χ3n) is 4.97. The molecule has 3 atom stereocenters. The molecule has 2 heterocycles. The largest absolute Gasteiger partial charge is 0.477 e. The van der Waals surface area contributed by atoms with Crippen LogP contribution < -0.4 is 0 Å². The van der Waals surface area contributed by atoms with Crippen LogP contribution in [0.1, 0.15) is 54.1 Å². The molecule has 1 aliphatic rings. The van der Waals surface area contributed by atoms with E-state index in [0.29, 0.717) is 19.3 Å². The van der Waals surface area contributed by atoms with Gasteiger partial charge in [-0.3, -0.25) is 4.79 Å². The zero-order valence-corrected chi connectivity index (χ0v) is 17.9. The summed E-state index contributed by atoms with van der Waals surface area (Å²) in [5.41, 5.74) is 0. The fourth-order valence-electron chi connectivity index (χ4n) is 3.22. The predicted molar refractivity (Wildman–Crippen MR) is 112 cm³/mol. The zero-order valence-electron chi connectivity index (χ0n) is 17.1. The number of aromatic carboxylic acids is 1. The van der Waals surface area contributed by atoms with Gasteiger partial charge >= 0.3 is 11.9 Å². The number of thiophene rings is 1. The van der Waals surface area contributed by atoms with Crippen molar-refractivity contribution < 1.29 is 28.6 Å². The van der Waals surface area contributed by atoms with Crippen molar-refractivity contribution in [2.75, 3.05) is 6.54 Å². The topological polar surface area (TPSA) is 77.8 Å². The maximum atomic E-state index is 14.0. The number of amides is 1. The third kappa shape index (κ3) is 6.38. The van der Waals surface area contributed by atoms with Crippen LogP contribution in [-0.2, 0) is 11.2 Å². The molecule has 0 radical (unpaired) electrons. The molecule has 2 N–H and O–H groups in total. The van der Waals surface area contributed by atoms with Crippen LogP contribution in [0.3, 0.4) is 0 Å². The molecule has 30 heavy (non-hydrogen) atoms. The van der Waals surface area contributed by atoms with Gasteiger partial charge in [0.25, 0.3) is 5.91 Å². The number of hydrogen-bond donors (Lipinski definition) is 2. The highest BCUT2D eigenvalue weighted by Gasteiger charge is 2.52. The van der Waals surface area contributed by atoms with Gasteiger partial charge in [-0.2, -0.15) is 8.78 Å². The molecule has 1 amide bonds. The molecule has 0 aromatic carbocycles. The lowest BCUT2D eigenvalue weighted by Gasteiger charge is -2.22. The molecule has 1 unspecified atom stereocenters. The Hall–Kier alpha value is -2.24. The third-order valence-corrected chi connectivity index (χ3v) is 6.11. The van der Waals surface area contributed by atoms with Crippen LogP contribution in [-0.4, -0.2) is 51.6 Å². The number of carbonyl (C=O) groups excluding carboxylic acids is 1. The summed E-state index contributed by atoms with van der Waals surface area (Å²) in [7, 11) is 0. The minimum Gasteiger partial charge on any atom is -0.477 e. The summed E-state index contributed by atoms with van der Waals surface area (Å²) in [6.07, 6.45) is 3.70.